The molecule has 17 heavy (non-hydrogen) atoms. The molecule has 1 aromatic heterocycles. The summed E-state index contributed by atoms with van der Waals surface area (Å²) in [6.45, 7) is 3.34. The molecular formula is C13H20BrN3. The van der Waals surface area contributed by atoms with E-state index in [1.807, 2.05) is 6.07 Å². The van der Waals surface area contributed by atoms with Crippen LogP contribution in [0.4, 0.5) is 11.5 Å². The van der Waals surface area contributed by atoms with Crippen LogP contribution in [0.3, 0.4) is 0 Å². The smallest absolute Gasteiger partial charge is 0.149 e. The number of nitrogens with one attached hydrogen (secondary N) is 1. The lowest BCUT2D eigenvalue weighted by molar-refractivity contribution is 0.268. The number of pyridine rings is 1. The van der Waals surface area contributed by atoms with E-state index < -0.39 is 0 Å². The Morgan fingerprint density at radius 2 is 2.24 bits per heavy atom. The second-order valence-electron chi connectivity index (χ2n) is 4.99. The normalized spacial score (nSPS) is 24.6. The van der Waals surface area contributed by atoms with E-state index in [1.54, 1.807) is 6.20 Å². The van der Waals surface area contributed by atoms with Gasteiger partial charge in [0.25, 0.3) is 0 Å². The first kappa shape index (κ1) is 12.7. The molecule has 1 aromatic rings. The van der Waals surface area contributed by atoms with E-state index in [1.165, 1.54) is 25.7 Å². The molecule has 0 spiro atoms. The van der Waals surface area contributed by atoms with E-state index in [-0.39, 0.29) is 0 Å². The van der Waals surface area contributed by atoms with Crippen molar-refractivity contribution >= 4 is 27.4 Å². The minimum absolute atomic E-state index is 0.711. The molecule has 1 heterocycles. The first-order valence-electron chi connectivity index (χ1n) is 6.31. The lowest BCUT2D eigenvalue weighted by Gasteiger charge is -2.29. The van der Waals surface area contributed by atoms with Crippen LogP contribution in [-0.4, -0.2) is 11.5 Å². The predicted octanol–water partition coefficient (Wildman–Crippen LogP) is 3.66. The van der Waals surface area contributed by atoms with Gasteiger partial charge in [0.2, 0.25) is 0 Å². The molecule has 1 aliphatic rings. The average Bonchev–Trinajstić information content (AvgIpc) is 2.30. The Kier molecular flexibility index (Phi) is 4.26. The van der Waals surface area contributed by atoms with Crippen molar-refractivity contribution in [3.8, 4) is 0 Å². The highest BCUT2D eigenvalue weighted by Gasteiger charge is 2.21. The van der Waals surface area contributed by atoms with Crippen molar-refractivity contribution in [1.82, 2.24) is 4.98 Å². The summed E-state index contributed by atoms with van der Waals surface area (Å²) in [7, 11) is 0. The number of aromatic nitrogens is 1. The van der Waals surface area contributed by atoms with Crippen LogP contribution in [0.2, 0.25) is 0 Å². The largest absolute Gasteiger partial charge is 0.396 e. The number of nitrogens with two attached hydrogens (primary N) is 1. The molecule has 2 unspecified atom stereocenters. The van der Waals surface area contributed by atoms with Crippen LogP contribution in [0.5, 0.6) is 0 Å². The number of halogens is 1. The third-order valence-corrected chi connectivity index (χ3v) is 4.14. The first-order valence-corrected chi connectivity index (χ1v) is 7.11. The molecule has 0 bridgehead atoms. The second-order valence-corrected chi connectivity index (χ2v) is 5.91. The zero-order valence-electron chi connectivity index (χ0n) is 10.2. The molecule has 3 N–H and O–H groups in total. The van der Waals surface area contributed by atoms with Gasteiger partial charge in [-0.2, -0.15) is 0 Å². The first-order chi connectivity index (χ1) is 8.16. The van der Waals surface area contributed by atoms with Crippen molar-refractivity contribution in [2.24, 2.45) is 11.8 Å². The maximum atomic E-state index is 5.92. The molecule has 1 saturated carbocycles. The predicted molar refractivity (Wildman–Crippen MR) is 76.0 cm³/mol. The average molecular weight is 298 g/mol. The van der Waals surface area contributed by atoms with Crippen molar-refractivity contribution in [2.45, 2.75) is 32.6 Å². The SMILES string of the molecule is CC1CCCCC1CNc1ncc(Br)cc1N. The highest BCUT2D eigenvalue weighted by atomic mass is 79.9. The Bertz CT molecular complexity index is 381. The summed E-state index contributed by atoms with van der Waals surface area (Å²) < 4.78 is 0.923. The van der Waals surface area contributed by atoms with Crippen LogP contribution in [-0.2, 0) is 0 Å². The fourth-order valence-electron chi connectivity index (χ4n) is 2.53. The maximum Gasteiger partial charge on any atom is 0.149 e. The van der Waals surface area contributed by atoms with Crippen molar-refractivity contribution in [3.63, 3.8) is 0 Å². The topological polar surface area (TPSA) is 50.9 Å². The molecule has 3 nitrogen and oxygen atoms in total. The molecule has 0 radical (unpaired) electrons. The van der Waals surface area contributed by atoms with Crippen molar-refractivity contribution in [1.29, 1.82) is 0 Å². The third-order valence-electron chi connectivity index (χ3n) is 3.70. The standard InChI is InChI=1S/C13H20BrN3/c1-9-4-2-3-5-10(9)7-16-13-12(15)6-11(14)8-17-13/h6,8-10H,2-5,7,15H2,1H3,(H,16,17). The molecule has 0 aliphatic heterocycles. The molecule has 1 aliphatic carbocycles. The number of rotatable bonds is 3. The number of nitrogen functional groups attached to an aromatic ring is 1. The summed E-state index contributed by atoms with van der Waals surface area (Å²) in [4.78, 5) is 4.30. The molecule has 0 aromatic carbocycles. The van der Waals surface area contributed by atoms with E-state index in [4.69, 9.17) is 5.73 Å². The van der Waals surface area contributed by atoms with Crippen molar-refractivity contribution in [3.05, 3.63) is 16.7 Å². The van der Waals surface area contributed by atoms with Crippen LogP contribution >= 0.6 is 15.9 Å². The van der Waals surface area contributed by atoms with Gasteiger partial charge in [-0.05, 0) is 40.3 Å². The van der Waals surface area contributed by atoms with Gasteiger partial charge in [-0.1, -0.05) is 26.2 Å². The molecule has 2 atom stereocenters. The Labute approximate surface area is 111 Å². The highest BCUT2D eigenvalue weighted by molar-refractivity contribution is 9.10. The van der Waals surface area contributed by atoms with Gasteiger partial charge >= 0.3 is 0 Å². The molecule has 0 amide bonds. The van der Waals surface area contributed by atoms with Crippen LogP contribution in [0, 0.1) is 11.8 Å². The van der Waals surface area contributed by atoms with E-state index in [0.717, 1.165) is 28.7 Å². The highest BCUT2D eigenvalue weighted by Crippen LogP contribution is 2.30. The number of anilines is 2. The van der Waals surface area contributed by atoms with Crippen LogP contribution in [0.25, 0.3) is 0 Å². The number of hydrogen-bond donors (Lipinski definition) is 2. The maximum absolute atomic E-state index is 5.92. The van der Waals surface area contributed by atoms with Gasteiger partial charge in [0, 0.05) is 17.2 Å². The summed E-state index contributed by atoms with van der Waals surface area (Å²) in [5.41, 5.74) is 6.63. The van der Waals surface area contributed by atoms with Crippen molar-refractivity contribution < 1.29 is 0 Å². The van der Waals surface area contributed by atoms with Crippen molar-refractivity contribution in [2.75, 3.05) is 17.6 Å². The molecule has 0 saturated heterocycles. The van der Waals surface area contributed by atoms with Gasteiger partial charge in [0.15, 0.2) is 0 Å². The summed E-state index contributed by atoms with van der Waals surface area (Å²) >= 11 is 3.36. The quantitative estimate of drug-likeness (QED) is 0.895. The van der Waals surface area contributed by atoms with Gasteiger partial charge in [0.05, 0.1) is 5.69 Å². The zero-order valence-corrected chi connectivity index (χ0v) is 11.8. The summed E-state index contributed by atoms with van der Waals surface area (Å²) in [6.07, 6.45) is 7.21. The zero-order chi connectivity index (χ0) is 12.3. The lowest BCUT2D eigenvalue weighted by atomic mass is 9.80. The monoisotopic (exact) mass is 297 g/mol. The van der Waals surface area contributed by atoms with E-state index in [9.17, 15) is 0 Å². The van der Waals surface area contributed by atoms with Gasteiger partial charge in [-0.25, -0.2) is 4.98 Å². The number of hydrogen-bond acceptors (Lipinski definition) is 3. The fourth-order valence-corrected chi connectivity index (χ4v) is 2.88. The summed E-state index contributed by atoms with van der Waals surface area (Å²) in [6, 6.07) is 1.89. The van der Waals surface area contributed by atoms with E-state index in [2.05, 4.69) is 33.2 Å². The Balaban J connectivity index is 1.92. The minimum Gasteiger partial charge on any atom is -0.396 e. The Morgan fingerprint density at radius 3 is 2.94 bits per heavy atom. The molecule has 2 rings (SSSR count). The summed E-state index contributed by atoms with van der Waals surface area (Å²) in [5, 5.41) is 3.38. The minimum atomic E-state index is 0.711. The van der Waals surface area contributed by atoms with Crippen LogP contribution < -0.4 is 11.1 Å². The molecule has 1 fully saturated rings. The van der Waals surface area contributed by atoms with Crippen LogP contribution in [0.15, 0.2) is 16.7 Å². The van der Waals surface area contributed by atoms with Gasteiger partial charge in [0.1, 0.15) is 5.82 Å². The lowest BCUT2D eigenvalue weighted by Crippen LogP contribution is -2.24. The second kappa shape index (κ2) is 5.71. The molecule has 4 heteroatoms. The molecular weight excluding hydrogens is 278 g/mol. The van der Waals surface area contributed by atoms with Crippen LogP contribution in [0.1, 0.15) is 32.6 Å². The van der Waals surface area contributed by atoms with E-state index in [0.29, 0.717) is 5.69 Å². The van der Waals surface area contributed by atoms with Gasteiger partial charge in [-0.15, -0.1) is 0 Å². The number of nitrogens with zero attached hydrogens (tertiary/aromatic N) is 1. The fraction of sp³-hybridized carbons (Fsp3) is 0.615. The van der Waals surface area contributed by atoms with E-state index >= 15 is 0 Å². The molecule has 94 valence electrons. The summed E-state index contributed by atoms with van der Waals surface area (Å²) in [5.74, 6) is 2.38. The Hall–Kier alpha value is -0.770. The van der Waals surface area contributed by atoms with Gasteiger partial charge < -0.3 is 11.1 Å². The van der Waals surface area contributed by atoms with Gasteiger partial charge in [-0.3, -0.25) is 0 Å². The Morgan fingerprint density at radius 1 is 1.47 bits per heavy atom. The third kappa shape index (κ3) is 3.35.